The van der Waals surface area contributed by atoms with Crippen molar-refractivity contribution >= 4 is 0 Å². The number of hydrogen-bond donors (Lipinski definition) is 0. The maximum Gasteiger partial charge on any atom is 0.280 e. The van der Waals surface area contributed by atoms with Crippen LogP contribution in [0.2, 0.25) is 0 Å². The van der Waals surface area contributed by atoms with Crippen molar-refractivity contribution < 1.29 is 8.78 Å². The average Bonchev–Trinajstić information content (AvgIpc) is 3.24. The highest BCUT2D eigenvalue weighted by Crippen LogP contribution is 2.38. The van der Waals surface area contributed by atoms with Crippen LogP contribution in [0, 0.1) is 27.7 Å². The molecule has 1 aliphatic rings. The zero-order chi connectivity index (χ0) is 19.3. The van der Waals surface area contributed by atoms with Gasteiger partial charge in [0.2, 0.25) is 0 Å². The third-order valence-electron chi connectivity index (χ3n) is 4.93. The average molecular weight is 371 g/mol. The fraction of sp³-hybridized carbons (Fsp3) is 0.450. The summed E-state index contributed by atoms with van der Waals surface area (Å²) in [6.45, 7) is 8.03. The van der Waals surface area contributed by atoms with E-state index < -0.39 is 6.43 Å². The Hall–Kier alpha value is -2.57. The Morgan fingerprint density at radius 2 is 1.70 bits per heavy atom. The summed E-state index contributed by atoms with van der Waals surface area (Å²) in [6, 6.07) is 5.63. The van der Waals surface area contributed by atoms with Gasteiger partial charge < -0.3 is 0 Å². The molecular formula is C20H23F2N5. The number of rotatable bonds is 5. The smallest absolute Gasteiger partial charge is 0.256 e. The summed E-state index contributed by atoms with van der Waals surface area (Å²) in [4.78, 5) is 4.70. The monoisotopic (exact) mass is 371 g/mol. The van der Waals surface area contributed by atoms with Crippen molar-refractivity contribution in [2.75, 3.05) is 0 Å². The number of benzene rings is 1. The second kappa shape index (κ2) is 6.55. The first kappa shape index (κ1) is 17.8. The summed E-state index contributed by atoms with van der Waals surface area (Å²) >= 11 is 0. The molecule has 0 aliphatic heterocycles. The Bertz CT molecular complexity index is 975. The third-order valence-corrected chi connectivity index (χ3v) is 4.93. The molecule has 0 spiro atoms. The van der Waals surface area contributed by atoms with E-state index in [0.717, 1.165) is 35.5 Å². The molecule has 5 nitrogen and oxygen atoms in total. The van der Waals surface area contributed by atoms with Crippen LogP contribution in [0.25, 0.3) is 5.69 Å². The van der Waals surface area contributed by atoms with Gasteiger partial charge in [-0.05, 0) is 57.7 Å². The lowest BCUT2D eigenvalue weighted by atomic mass is 10.1. The van der Waals surface area contributed by atoms with Gasteiger partial charge in [0, 0.05) is 5.92 Å². The van der Waals surface area contributed by atoms with Crippen LogP contribution in [-0.2, 0) is 6.54 Å². The van der Waals surface area contributed by atoms with Gasteiger partial charge in [0.05, 0.1) is 11.4 Å². The number of aryl methyl sites for hydroxylation is 4. The summed E-state index contributed by atoms with van der Waals surface area (Å²) in [6.07, 6.45) is -0.412. The van der Waals surface area contributed by atoms with E-state index in [1.54, 1.807) is 6.92 Å². The zero-order valence-corrected chi connectivity index (χ0v) is 16.0. The molecule has 27 heavy (non-hydrogen) atoms. The minimum atomic E-state index is -2.58. The fourth-order valence-electron chi connectivity index (χ4n) is 3.67. The number of nitrogens with zero attached hydrogens (tertiary/aromatic N) is 5. The van der Waals surface area contributed by atoms with E-state index in [4.69, 9.17) is 10.1 Å². The second-order valence-corrected chi connectivity index (χ2v) is 7.49. The lowest BCUT2D eigenvalue weighted by Gasteiger charge is -2.14. The number of hydrogen-bond acceptors (Lipinski definition) is 3. The first-order chi connectivity index (χ1) is 12.8. The molecule has 0 amide bonds. The van der Waals surface area contributed by atoms with E-state index in [1.165, 1.54) is 16.3 Å². The van der Waals surface area contributed by atoms with Gasteiger partial charge in [-0.1, -0.05) is 17.7 Å². The van der Waals surface area contributed by atoms with Gasteiger partial charge in [-0.15, -0.1) is 0 Å². The van der Waals surface area contributed by atoms with Gasteiger partial charge in [0.15, 0.2) is 11.6 Å². The van der Waals surface area contributed by atoms with Gasteiger partial charge >= 0.3 is 0 Å². The van der Waals surface area contributed by atoms with Crippen molar-refractivity contribution in [2.45, 2.75) is 59.4 Å². The number of aromatic nitrogens is 5. The van der Waals surface area contributed by atoms with Gasteiger partial charge in [0.25, 0.3) is 6.43 Å². The molecule has 142 valence electrons. The molecule has 0 atom stereocenters. The van der Waals surface area contributed by atoms with Crippen molar-refractivity contribution in [3.63, 3.8) is 0 Å². The summed E-state index contributed by atoms with van der Waals surface area (Å²) < 4.78 is 29.9. The molecule has 0 bridgehead atoms. The molecule has 0 saturated heterocycles. The van der Waals surface area contributed by atoms with E-state index in [-0.39, 0.29) is 12.2 Å². The lowest BCUT2D eigenvalue weighted by molar-refractivity contribution is 0.139. The summed E-state index contributed by atoms with van der Waals surface area (Å²) in [5.41, 5.74) is 4.81. The first-order valence-electron chi connectivity index (χ1n) is 9.20. The second-order valence-electron chi connectivity index (χ2n) is 7.49. The van der Waals surface area contributed by atoms with Crippen molar-refractivity contribution in [2.24, 2.45) is 0 Å². The molecule has 1 saturated carbocycles. The van der Waals surface area contributed by atoms with E-state index in [9.17, 15) is 8.78 Å². The standard InChI is InChI=1S/C20H23F2N5/c1-11-7-12(2)18(13(3)8-11)27-17(23-20(25-27)15-5-6-15)10-26-16(19(21)22)9-14(4)24-26/h7-9,15,19H,5-6,10H2,1-4H3. The van der Waals surface area contributed by atoms with Crippen LogP contribution in [0.4, 0.5) is 8.78 Å². The minimum Gasteiger partial charge on any atom is -0.256 e. The van der Waals surface area contributed by atoms with Crippen molar-refractivity contribution in [1.29, 1.82) is 0 Å². The predicted octanol–water partition coefficient (Wildman–Crippen LogP) is 4.56. The minimum absolute atomic E-state index is 0.0904. The van der Waals surface area contributed by atoms with Gasteiger partial charge in [-0.25, -0.2) is 18.4 Å². The van der Waals surface area contributed by atoms with Crippen LogP contribution in [0.1, 0.15) is 64.9 Å². The van der Waals surface area contributed by atoms with Crippen LogP contribution < -0.4 is 0 Å². The van der Waals surface area contributed by atoms with Crippen LogP contribution >= 0.6 is 0 Å². The van der Waals surface area contributed by atoms with Crippen LogP contribution in [0.5, 0.6) is 0 Å². The third kappa shape index (κ3) is 3.38. The maximum atomic E-state index is 13.4. The Morgan fingerprint density at radius 1 is 1.04 bits per heavy atom. The molecule has 4 rings (SSSR count). The van der Waals surface area contributed by atoms with Crippen molar-refractivity contribution in [3.8, 4) is 5.69 Å². The highest BCUT2D eigenvalue weighted by atomic mass is 19.3. The fourth-order valence-corrected chi connectivity index (χ4v) is 3.67. The maximum absolute atomic E-state index is 13.4. The molecule has 0 radical (unpaired) electrons. The van der Waals surface area contributed by atoms with Crippen LogP contribution in [0.3, 0.4) is 0 Å². The predicted molar refractivity (Wildman–Crippen MR) is 98.6 cm³/mol. The molecule has 0 unspecified atom stereocenters. The Morgan fingerprint density at radius 3 is 2.30 bits per heavy atom. The topological polar surface area (TPSA) is 48.5 Å². The normalized spacial score (nSPS) is 14.3. The van der Waals surface area contributed by atoms with Crippen molar-refractivity contribution in [1.82, 2.24) is 24.5 Å². The number of alkyl halides is 2. The van der Waals surface area contributed by atoms with Gasteiger partial charge in [-0.3, -0.25) is 4.68 Å². The molecule has 7 heteroatoms. The molecule has 2 heterocycles. The quantitative estimate of drug-likeness (QED) is 0.660. The van der Waals surface area contributed by atoms with Gasteiger partial charge in [0.1, 0.15) is 12.2 Å². The number of halogens is 2. The molecular weight excluding hydrogens is 348 g/mol. The molecule has 1 fully saturated rings. The Labute approximate surface area is 157 Å². The van der Waals surface area contributed by atoms with Gasteiger partial charge in [-0.2, -0.15) is 10.2 Å². The van der Waals surface area contributed by atoms with Crippen LogP contribution in [0.15, 0.2) is 18.2 Å². The van der Waals surface area contributed by atoms with E-state index in [1.807, 2.05) is 18.5 Å². The largest absolute Gasteiger partial charge is 0.280 e. The highest BCUT2D eigenvalue weighted by molar-refractivity contribution is 5.49. The Kier molecular flexibility index (Phi) is 4.32. The molecule has 2 aromatic heterocycles. The zero-order valence-electron chi connectivity index (χ0n) is 16.0. The molecule has 0 N–H and O–H groups in total. The Balaban J connectivity index is 1.82. The first-order valence-corrected chi connectivity index (χ1v) is 9.20. The summed E-state index contributed by atoms with van der Waals surface area (Å²) in [5.74, 6) is 1.81. The summed E-state index contributed by atoms with van der Waals surface area (Å²) in [7, 11) is 0. The summed E-state index contributed by atoms with van der Waals surface area (Å²) in [5, 5.41) is 8.99. The molecule has 3 aromatic rings. The van der Waals surface area contributed by atoms with E-state index >= 15 is 0 Å². The lowest BCUT2D eigenvalue weighted by Crippen LogP contribution is -2.14. The van der Waals surface area contributed by atoms with E-state index in [0.29, 0.717) is 17.4 Å². The van der Waals surface area contributed by atoms with E-state index in [2.05, 4.69) is 24.2 Å². The van der Waals surface area contributed by atoms with Crippen LogP contribution in [-0.4, -0.2) is 24.5 Å². The molecule has 1 aliphatic carbocycles. The molecule has 1 aromatic carbocycles. The highest BCUT2D eigenvalue weighted by Gasteiger charge is 2.30. The SMILES string of the molecule is Cc1cc(C)c(-n2nc(C3CC3)nc2Cn2nc(C)cc2C(F)F)c(C)c1. The van der Waals surface area contributed by atoms with Crippen molar-refractivity contribution in [3.05, 3.63) is 57.9 Å².